The van der Waals surface area contributed by atoms with Crippen LogP contribution in [0.25, 0.3) is 0 Å². The maximum atomic E-state index is 10.7. The van der Waals surface area contributed by atoms with Crippen molar-refractivity contribution in [1.82, 2.24) is 5.43 Å². The van der Waals surface area contributed by atoms with Gasteiger partial charge in [0.15, 0.2) is 0 Å². The van der Waals surface area contributed by atoms with E-state index >= 15 is 0 Å². The number of hydrazone groups is 1. The highest BCUT2D eigenvalue weighted by atomic mass is 79.9. The SMILES string of the molecule is O=C(O)[C@H]1CC(c2ccc(Br)cc2)=NN1. The number of carboxylic acids is 1. The van der Waals surface area contributed by atoms with Crippen LogP contribution >= 0.6 is 15.9 Å². The van der Waals surface area contributed by atoms with Gasteiger partial charge < -0.3 is 5.11 Å². The minimum atomic E-state index is -0.870. The summed E-state index contributed by atoms with van der Waals surface area (Å²) >= 11 is 3.34. The molecule has 5 heteroatoms. The van der Waals surface area contributed by atoms with E-state index in [1.165, 1.54) is 0 Å². The second kappa shape index (κ2) is 4.02. The van der Waals surface area contributed by atoms with E-state index in [4.69, 9.17) is 5.11 Å². The fourth-order valence-electron chi connectivity index (χ4n) is 1.41. The van der Waals surface area contributed by atoms with Gasteiger partial charge in [0.25, 0.3) is 0 Å². The molecule has 1 aromatic rings. The Morgan fingerprint density at radius 1 is 1.47 bits per heavy atom. The van der Waals surface area contributed by atoms with Crippen molar-refractivity contribution in [2.45, 2.75) is 12.5 Å². The summed E-state index contributed by atoms with van der Waals surface area (Å²) in [6.45, 7) is 0. The maximum absolute atomic E-state index is 10.7. The van der Waals surface area contributed by atoms with Crippen molar-refractivity contribution in [3.8, 4) is 0 Å². The number of nitrogens with one attached hydrogen (secondary N) is 1. The van der Waals surface area contributed by atoms with Gasteiger partial charge in [0.2, 0.25) is 0 Å². The summed E-state index contributed by atoms with van der Waals surface area (Å²) in [5.74, 6) is -0.870. The summed E-state index contributed by atoms with van der Waals surface area (Å²) in [6, 6.07) is 7.05. The van der Waals surface area contributed by atoms with E-state index in [0.29, 0.717) is 6.42 Å². The Balaban J connectivity index is 2.14. The molecule has 15 heavy (non-hydrogen) atoms. The summed E-state index contributed by atoms with van der Waals surface area (Å²) in [5.41, 5.74) is 4.34. The second-order valence-electron chi connectivity index (χ2n) is 3.29. The molecule has 0 saturated carbocycles. The number of hydrogen-bond donors (Lipinski definition) is 2. The van der Waals surface area contributed by atoms with Crippen LogP contribution in [0.4, 0.5) is 0 Å². The van der Waals surface area contributed by atoms with E-state index in [-0.39, 0.29) is 0 Å². The predicted molar refractivity (Wildman–Crippen MR) is 59.9 cm³/mol. The van der Waals surface area contributed by atoms with Crippen LogP contribution in [0.3, 0.4) is 0 Å². The van der Waals surface area contributed by atoms with Crippen LogP contribution in [0.1, 0.15) is 12.0 Å². The lowest BCUT2D eigenvalue weighted by atomic mass is 10.0. The monoisotopic (exact) mass is 268 g/mol. The van der Waals surface area contributed by atoms with Crippen LogP contribution in [-0.2, 0) is 4.79 Å². The van der Waals surface area contributed by atoms with Crippen LogP contribution in [-0.4, -0.2) is 22.8 Å². The van der Waals surface area contributed by atoms with Gasteiger partial charge in [-0.3, -0.25) is 5.43 Å². The van der Waals surface area contributed by atoms with Crippen LogP contribution in [0.5, 0.6) is 0 Å². The van der Waals surface area contributed by atoms with Crippen LogP contribution < -0.4 is 5.43 Å². The molecule has 78 valence electrons. The normalized spacial score (nSPS) is 19.5. The number of halogens is 1. The van der Waals surface area contributed by atoms with Crippen LogP contribution in [0.15, 0.2) is 33.8 Å². The first-order chi connectivity index (χ1) is 7.16. The molecule has 0 aromatic heterocycles. The van der Waals surface area contributed by atoms with Crippen molar-refractivity contribution in [1.29, 1.82) is 0 Å². The first-order valence-electron chi connectivity index (χ1n) is 4.47. The molecule has 0 aliphatic carbocycles. The highest BCUT2D eigenvalue weighted by molar-refractivity contribution is 9.10. The number of hydrogen-bond acceptors (Lipinski definition) is 3. The van der Waals surface area contributed by atoms with E-state index in [0.717, 1.165) is 15.7 Å². The average Bonchev–Trinajstić information content (AvgIpc) is 2.68. The third-order valence-corrected chi connectivity index (χ3v) is 2.76. The summed E-state index contributed by atoms with van der Waals surface area (Å²) in [6.07, 6.45) is 0.428. The summed E-state index contributed by atoms with van der Waals surface area (Å²) < 4.78 is 0.993. The Morgan fingerprint density at radius 3 is 2.67 bits per heavy atom. The van der Waals surface area contributed by atoms with Gasteiger partial charge in [-0.2, -0.15) is 5.10 Å². The van der Waals surface area contributed by atoms with Gasteiger partial charge in [-0.1, -0.05) is 28.1 Å². The lowest BCUT2D eigenvalue weighted by Gasteiger charge is -2.02. The Hall–Kier alpha value is -1.36. The van der Waals surface area contributed by atoms with Crippen molar-refractivity contribution >= 4 is 27.6 Å². The molecule has 2 N–H and O–H groups in total. The van der Waals surface area contributed by atoms with Crippen molar-refractivity contribution in [3.63, 3.8) is 0 Å². The number of benzene rings is 1. The molecule has 1 aliphatic heterocycles. The molecule has 1 aliphatic rings. The van der Waals surface area contributed by atoms with Gasteiger partial charge in [0, 0.05) is 10.9 Å². The molecule has 1 heterocycles. The molecule has 0 radical (unpaired) electrons. The topological polar surface area (TPSA) is 61.7 Å². The van der Waals surface area contributed by atoms with E-state index < -0.39 is 12.0 Å². The molecule has 0 bridgehead atoms. The van der Waals surface area contributed by atoms with E-state index in [1.807, 2.05) is 24.3 Å². The second-order valence-corrected chi connectivity index (χ2v) is 4.21. The number of aliphatic carboxylic acids is 1. The molecule has 0 unspecified atom stereocenters. The molecule has 0 amide bonds. The van der Waals surface area contributed by atoms with Crippen molar-refractivity contribution in [2.24, 2.45) is 5.10 Å². The Morgan fingerprint density at radius 2 is 2.13 bits per heavy atom. The van der Waals surface area contributed by atoms with E-state index in [1.54, 1.807) is 0 Å². The van der Waals surface area contributed by atoms with Gasteiger partial charge >= 0.3 is 5.97 Å². The minimum Gasteiger partial charge on any atom is -0.480 e. The van der Waals surface area contributed by atoms with Crippen molar-refractivity contribution in [2.75, 3.05) is 0 Å². The average molecular weight is 269 g/mol. The van der Waals surface area contributed by atoms with E-state index in [9.17, 15) is 4.79 Å². The Labute approximate surface area is 95.1 Å². The Bertz CT molecular complexity index is 414. The van der Waals surface area contributed by atoms with Gasteiger partial charge in [0.1, 0.15) is 6.04 Å². The molecular formula is C10H9BrN2O2. The zero-order valence-corrected chi connectivity index (χ0v) is 9.36. The van der Waals surface area contributed by atoms with Gasteiger partial charge in [-0.25, -0.2) is 4.79 Å². The molecule has 0 fully saturated rings. The minimum absolute atomic E-state index is 0.428. The van der Waals surface area contributed by atoms with Gasteiger partial charge in [0.05, 0.1) is 5.71 Å². The quantitative estimate of drug-likeness (QED) is 0.857. The fraction of sp³-hybridized carbons (Fsp3) is 0.200. The lowest BCUT2D eigenvalue weighted by molar-refractivity contribution is -0.139. The largest absolute Gasteiger partial charge is 0.480 e. The predicted octanol–water partition coefficient (Wildman–Crippen LogP) is 1.60. The molecule has 0 spiro atoms. The smallest absolute Gasteiger partial charge is 0.328 e. The lowest BCUT2D eigenvalue weighted by Crippen LogP contribution is -2.29. The highest BCUT2D eigenvalue weighted by Gasteiger charge is 2.25. The van der Waals surface area contributed by atoms with Gasteiger partial charge in [-0.15, -0.1) is 0 Å². The summed E-state index contributed by atoms with van der Waals surface area (Å²) in [4.78, 5) is 10.7. The first kappa shape index (κ1) is 10.2. The summed E-state index contributed by atoms with van der Waals surface area (Å²) in [7, 11) is 0. The van der Waals surface area contributed by atoms with E-state index in [2.05, 4.69) is 26.5 Å². The highest BCUT2D eigenvalue weighted by Crippen LogP contribution is 2.15. The molecular weight excluding hydrogens is 260 g/mol. The molecule has 0 saturated heterocycles. The standard InChI is InChI=1S/C10H9BrN2O2/c11-7-3-1-6(2-4-7)8-5-9(10(14)15)13-12-8/h1-4,9,13H,5H2,(H,14,15)/t9-/m1/s1. The third-order valence-electron chi connectivity index (χ3n) is 2.23. The summed E-state index contributed by atoms with van der Waals surface area (Å²) in [5, 5.41) is 12.8. The number of nitrogens with zero attached hydrogens (tertiary/aromatic N) is 1. The molecule has 1 aromatic carbocycles. The number of carboxylic acid groups (broad SMARTS) is 1. The maximum Gasteiger partial charge on any atom is 0.328 e. The van der Waals surface area contributed by atoms with Gasteiger partial charge in [-0.05, 0) is 17.7 Å². The fourth-order valence-corrected chi connectivity index (χ4v) is 1.67. The first-order valence-corrected chi connectivity index (χ1v) is 5.27. The zero-order valence-electron chi connectivity index (χ0n) is 7.77. The Kier molecular flexibility index (Phi) is 2.73. The third kappa shape index (κ3) is 2.18. The molecule has 4 nitrogen and oxygen atoms in total. The van der Waals surface area contributed by atoms with Crippen LogP contribution in [0, 0.1) is 0 Å². The number of carbonyl (C=O) groups is 1. The zero-order chi connectivity index (χ0) is 10.8. The van der Waals surface area contributed by atoms with Crippen LogP contribution in [0.2, 0.25) is 0 Å². The van der Waals surface area contributed by atoms with Crippen molar-refractivity contribution in [3.05, 3.63) is 34.3 Å². The van der Waals surface area contributed by atoms with Crippen molar-refractivity contribution < 1.29 is 9.90 Å². The molecule has 1 atom stereocenters. The molecule has 2 rings (SSSR count). The number of rotatable bonds is 2.